The molecule has 0 saturated carbocycles. The third kappa shape index (κ3) is 3.02. The largest absolute Gasteiger partial charge is 0.497 e. The predicted octanol–water partition coefficient (Wildman–Crippen LogP) is 4.52. The zero-order chi connectivity index (χ0) is 14.5. The number of rotatable bonds is 5. The average Bonchev–Trinajstić information content (AvgIpc) is 2.53. The first-order chi connectivity index (χ1) is 9.65. The van der Waals surface area contributed by atoms with E-state index in [0.29, 0.717) is 0 Å². The van der Waals surface area contributed by atoms with E-state index in [9.17, 15) is 0 Å². The highest BCUT2D eigenvalue weighted by Gasteiger charge is 2.11. The molecule has 20 heavy (non-hydrogen) atoms. The van der Waals surface area contributed by atoms with Crippen molar-refractivity contribution in [3.05, 3.63) is 66.2 Å². The molecule has 104 valence electrons. The summed E-state index contributed by atoms with van der Waals surface area (Å²) in [6.07, 6.45) is 0. The van der Waals surface area contributed by atoms with Gasteiger partial charge in [0.05, 0.1) is 14.2 Å². The second-order valence-corrected chi connectivity index (χ2v) is 4.75. The normalized spacial score (nSPS) is 11.8. The van der Waals surface area contributed by atoms with Gasteiger partial charge in [0.2, 0.25) is 0 Å². The molecule has 0 N–H and O–H groups in total. The summed E-state index contributed by atoms with van der Waals surface area (Å²) in [6.45, 7) is 6.39. The summed E-state index contributed by atoms with van der Waals surface area (Å²) in [5.74, 6) is 1.99. The van der Waals surface area contributed by atoms with Gasteiger partial charge in [0.1, 0.15) is 11.5 Å². The molecule has 2 heteroatoms. The average molecular weight is 268 g/mol. The Labute approximate surface area is 120 Å². The van der Waals surface area contributed by atoms with E-state index in [1.54, 1.807) is 14.2 Å². The highest BCUT2D eigenvalue weighted by atomic mass is 16.5. The Hall–Kier alpha value is -2.22. The van der Waals surface area contributed by atoms with Crippen molar-refractivity contribution in [3.63, 3.8) is 0 Å². The SMILES string of the molecule is C=C(c1ccc(OC)cc1)[C@@H](C)c1ccc(OC)cc1. The Morgan fingerprint density at radius 2 is 1.30 bits per heavy atom. The third-order valence-electron chi connectivity index (χ3n) is 3.60. The molecule has 0 aliphatic rings. The second kappa shape index (κ2) is 6.29. The van der Waals surface area contributed by atoms with Gasteiger partial charge in [-0.1, -0.05) is 37.8 Å². The molecule has 0 saturated heterocycles. The second-order valence-electron chi connectivity index (χ2n) is 4.75. The minimum Gasteiger partial charge on any atom is -0.497 e. The maximum atomic E-state index is 5.18. The van der Waals surface area contributed by atoms with Crippen LogP contribution in [0.25, 0.3) is 5.57 Å². The van der Waals surface area contributed by atoms with Crippen LogP contribution >= 0.6 is 0 Å². The van der Waals surface area contributed by atoms with Gasteiger partial charge in [0.25, 0.3) is 0 Å². The molecule has 0 fully saturated rings. The van der Waals surface area contributed by atoms with Crippen LogP contribution in [0, 0.1) is 0 Å². The van der Waals surface area contributed by atoms with Crippen molar-refractivity contribution in [3.8, 4) is 11.5 Å². The quantitative estimate of drug-likeness (QED) is 0.793. The lowest BCUT2D eigenvalue weighted by Crippen LogP contribution is -1.97. The van der Waals surface area contributed by atoms with Crippen LogP contribution in [-0.2, 0) is 0 Å². The molecule has 0 heterocycles. The van der Waals surface area contributed by atoms with Crippen LogP contribution in [0.4, 0.5) is 0 Å². The van der Waals surface area contributed by atoms with Gasteiger partial charge < -0.3 is 9.47 Å². The Morgan fingerprint density at radius 1 is 0.850 bits per heavy atom. The summed E-state index contributed by atoms with van der Waals surface area (Å²) in [5, 5.41) is 0. The summed E-state index contributed by atoms with van der Waals surface area (Å²) >= 11 is 0. The van der Waals surface area contributed by atoms with Gasteiger partial charge in [0, 0.05) is 5.92 Å². The molecular weight excluding hydrogens is 248 g/mol. The Morgan fingerprint density at radius 3 is 1.75 bits per heavy atom. The summed E-state index contributed by atoms with van der Waals surface area (Å²) < 4.78 is 10.4. The van der Waals surface area contributed by atoms with E-state index in [4.69, 9.17) is 9.47 Å². The van der Waals surface area contributed by atoms with E-state index >= 15 is 0 Å². The summed E-state index contributed by atoms with van der Waals surface area (Å²) in [4.78, 5) is 0. The van der Waals surface area contributed by atoms with Crippen LogP contribution < -0.4 is 9.47 Å². The summed E-state index contributed by atoms with van der Waals surface area (Å²) in [5.41, 5.74) is 3.46. The van der Waals surface area contributed by atoms with Crippen molar-refractivity contribution >= 4 is 5.57 Å². The minimum absolute atomic E-state index is 0.259. The zero-order valence-electron chi connectivity index (χ0n) is 12.2. The minimum atomic E-state index is 0.259. The van der Waals surface area contributed by atoms with Crippen molar-refractivity contribution in [2.75, 3.05) is 14.2 Å². The molecule has 0 unspecified atom stereocenters. The Bertz CT molecular complexity index is 567. The number of ether oxygens (including phenoxy) is 2. The fraction of sp³-hybridized carbons (Fsp3) is 0.222. The predicted molar refractivity (Wildman–Crippen MR) is 83.4 cm³/mol. The van der Waals surface area contributed by atoms with Crippen LogP contribution in [0.2, 0.25) is 0 Å². The molecule has 2 rings (SSSR count). The van der Waals surface area contributed by atoms with Gasteiger partial charge in [-0.25, -0.2) is 0 Å². The van der Waals surface area contributed by atoms with Crippen LogP contribution in [0.5, 0.6) is 11.5 Å². The van der Waals surface area contributed by atoms with E-state index in [1.807, 2.05) is 36.4 Å². The van der Waals surface area contributed by atoms with Crippen molar-refractivity contribution in [1.82, 2.24) is 0 Å². The van der Waals surface area contributed by atoms with E-state index in [2.05, 4.69) is 25.6 Å². The topological polar surface area (TPSA) is 18.5 Å². The fourth-order valence-electron chi connectivity index (χ4n) is 2.15. The van der Waals surface area contributed by atoms with E-state index in [0.717, 1.165) is 22.6 Å². The molecule has 1 atom stereocenters. The van der Waals surface area contributed by atoms with E-state index < -0.39 is 0 Å². The first-order valence-corrected chi connectivity index (χ1v) is 6.63. The Balaban J connectivity index is 2.17. The molecule has 0 spiro atoms. The number of hydrogen-bond acceptors (Lipinski definition) is 2. The van der Waals surface area contributed by atoms with Gasteiger partial charge in [-0.05, 0) is 41.0 Å². The lowest BCUT2D eigenvalue weighted by molar-refractivity contribution is 0.414. The molecule has 0 aliphatic heterocycles. The molecule has 0 aromatic heterocycles. The van der Waals surface area contributed by atoms with Crippen molar-refractivity contribution in [2.24, 2.45) is 0 Å². The first kappa shape index (κ1) is 14.2. The third-order valence-corrected chi connectivity index (χ3v) is 3.60. The lowest BCUT2D eigenvalue weighted by Gasteiger charge is -2.16. The zero-order valence-corrected chi connectivity index (χ0v) is 12.2. The maximum Gasteiger partial charge on any atom is 0.118 e. The van der Waals surface area contributed by atoms with Crippen molar-refractivity contribution < 1.29 is 9.47 Å². The fourth-order valence-corrected chi connectivity index (χ4v) is 2.15. The molecule has 2 aromatic carbocycles. The van der Waals surface area contributed by atoms with Crippen molar-refractivity contribution in [2.45, 2.75) is 12.8 Å². The van der Waals surface area contributed by atoms with E-state index in [1.165, 1.54) is 5.56 Å². The number of hydrogen-bond donors (Lipinski definition) is 0. The van der Waals surface area contributed by atoms with E-state index in [-0.39, 0.29) is 5.92 Å². The molecule has 0 bridgehead atoms. The smallest absolute Gasteiger partial charge is 0.118 e. The number of allylic oxidation sites excluding steroid dienone is 1. The highest BCUT2D eigenvalue weighted by Crippen LogP contribution is 2.31. The van der Waals surface area contributed by atoms with Crippen LogP contribution in [0.15, 0.2) is 55.1 Å². The van der Waals surface area contributed by atoms with Crippen molar-refractivity contribution in [1.29, 1.82) is 0 Å². The number of benzene rings is 2. The van der Waals surface area contributed by atoms with Gasteiger partial charge in [-0.15, -0.1) is 0 Å². The molecule has 0 amide bonds. The molecule has 2 nitrogen and oxygen atoms in total. The molecule has 2 aromatic rings. The Kier molecular flexibility index (Phi) is 4.46. The van der Waals surface area contributed by atoms with Gasteiger partial charge in [-0.2, -0.15) is 0 Å². The molecule has 0 aliphatic carbocycles. The molecule has 0 radical (unpaired) electrons. The van der Waals surface area contributed by atoms with Gasteiger partial charge in [-0.3, -0.25) is 0 Å². The summed E-state index contributed by atoms with van der Waals surface area (Å²) in [7, 11) is 3.35. The summed E-state index contributed by atoms with van der Waals surface area (Å²) in [6, 6.07) is 16.1. The standard InChI is InChI=1S/C18H20O2/c1-13(15-5-9-17(19-3)10-6-15)14(2)16-7-11-18(20-4)12-8-16/h5-12,14H,1H2,2-4H3/t14-/m1/s1. The monoisotopic (exact) mass is 268 g/mol. The molecular formula is C18H20O2. The van der Waals surface area contributed by atoms with Crippen LogP contribution in [0.1, 0.15) is 24.0 Å². The van der Waals surface area contributed by atoms with Crippen LogP contribution in [0.3, 0.4) is 0 Å². The van der Waals surface area contributed by atoms with Gasteiger partial charge >= 0.3 is 0 Å². The van der Waals surface area contributed by atoms with Gasteiger partial charge in [0.15, 0.2) is 0 Å². The highest BCUT2D eigenvalue weighted by molar-refractivity contribution is 5.69. The van der Waals surface area contributed by atoms with Crippen LogP contribution in [-0.4, -0.2) is 14.2 Å². The lowest BCUT2D eigenvalue weighted by atomic mass is 9.89. The maximum absolute atomic E-state index is 5.18. The number of methoxy groups -OCH3 is 2. The first-order valence-electron chi connectivity index (χ1n) is 6.63.